The van der Waals surface area contributed by atoms with Crippen molar-refractivity contribution in [2.45, 2.75) is 13.3 Å². The van der Waals surface area contributed by atoms with Crippen molar-refractivity contribution >= 4 is 22.7 Å². The molecule has 0 aliphatic heterocycles. The van der Waals surface area contributed by atoms with Gasteiger partial charge in [-0.3, -0.25) is 24.7 Å². The normalized spacial score (nSPS) is 10.7. The number of nitro groups is 1. The summed E-state index contributed by atoms with van der Waals surface area (Å²) in [5.74, 6) is 0. The Hall–Kier alpha value is -3.55. The second-order valence-corrected chi connectivity index (χ2v) is 5.82. The highest BCUT2D eigenvalue weighted by Crippen LogP contribution is 2.21. The fraction of sp³-hybridized carbons (Fsp3) is 0.167. The molecule has 0 spiro atoms. The van der Waals surface area contributed by atoms with E-state index in [2.05, 4.69) is 15.6 Å². The largest absolute Gasteiger partial charge is 0.380 e. The SMILES string of the molecule is Cc1ccc(CCNc2c(Nc3ccncc3)c(=O)c2=O)cc1[N+](=O)[O-]. The molecule has 2 N–H and O–H groups in total. The van der Waals surface area contributed by atoms with Crippen molar-refractivity contribution in [3.05, 3.63) is 84.4 Å². The lowest BCUT2D eigenvalue weighted by Gasteiger charge is -2.14. The quantitative estimate of drug-likeness (QED) is 0.381. The third-order valence-electron chi connectivity index (χ3n) is 4.05. The number of aryl methyl sites for hydroxylation is 1. The van der Waals surface area contributed by atoms with Crippen LogP contribution in [0, 0.1) is 17.0 Å². The van der Waals surface area contributed by atoms with Crippen molar-refractivity contribution in [1.29, 1.82) is 0 Å². The zero-order chi connectivity index (χ0) is 18.7. The smallest absolute Gasteiger partial charge is 0.272 e. The van der Waals surface area contributed by atoms with Gasteiger partial charge in [0.05, 0.1) is 4.92 Å². The lowest BCUT2D eigenvalue weighted by Crippen LogP contribution is -2.37. The van der Waals surface area contributed by atoms with E-state index in [4.69, 9.17) is 0 Å². The highest BCUT2D eigenvalue weighted by molar-refractivity contribution is 5.78. The van der Waals surface area contributed by atoms with Crippen molar-refractivity contribution in [1.82, 2.24) is 4.98 Å². The van der Waals surface area contributed by atoms with E-state index in [9.17, 15) is 19.7 Å². The molecule has 0 saturated heterocycles. The van der Waals surface area contributed by atoms with Crippen molar-refractivity contribution < 1.29 is 4.92 Å². The summed E-state index contributed by atoms with van der Waals surface area (Å²) in [6, 6.07) is 8.40. The minimum absolute atomic E-state index is 0.0663. The molecule has 0 radical (unpaired) electrons. The maximum absolute atomic E-state index is 11.8. The van der Waals surface area contributed by atoms with E-state index in [0.29, 0.717) is 24.2 Å². The molecule has 2 aromatic carbocycles. The van der Waals surface area contributed by atoms with Gasteiger partial charge in [-0.1, -0.05) is 12.1 Å². The Bertz CT molecular complexity index is 1020. The van der Waals surface area contributed by atoms with E-state index in [1.165, 1.54) is 6.07 Å². The van der Waals surface area contributed by atoms with Crippen LogP contribution in [-0.4, -0.2) is 16.5 Å². The average molecular weight is 352 g/mol. The van der Waals surface area contributed by atoms with Crippen molar-refractivity contribution in [2.24, 2.45) is 0 Å². The Kier molecular flexibility index (Phi) is 4.74. The highest BCUT2D eigenvalue weighted by Gasteiger charge is 2.20. The van der Waals surface area contributed by atoms with Crippen molar-refractivity contribution in [3.8, 4) is 0 Å². The van der Waals surface area contributed by atoms with E-state index < -0.39 is 15.8 Å². The summed E-state index contributed by atoms with van der Waals surface area (Å²) >= 11 is 0. The number of hydrogen-bond acceptors (Lipinski definition) is 7. The third-order valence-corrected chi connectivity index (χ3v) is 4.05. The van der Waals surface area contributed by atoms with E-state index >= 15 is 0 Å². The molecule has 1 heterocycles. The zero-order valence-corrected chi connectivity index (χ0v) is 14.0. The first kappa shape index (κ1) is 17.3. The van der Waals surface area contributed by atoms with Gasteiger partial charge in [0.25, 0.3) is 16.5 Å². The molecule has 0 unspecified atom stereocenters. The molecule has 0 saturated carbocycles. The van der Waals surface area contributed by atoms with Gasteiger partial charge in [-0.25, -0.2) is 0 Å². The molecular formula is C18H16N4O4. The molecule has 0 aliphatic rings. The lowest BCUT2D eigenvalue weighted by atomic mass is 10.1. The number of anilines is 3. The van der Waals surface area contributed by atoms with Gasteiger partial charge in [0.15, 0.2) is 0 Å². The van der Waals surface area contributed by atoms with Gasteiger partial charge >= 0.3 is 0 Å². The van der Waals surface area contributed by atoms with Crippen LogP contribution in [0.2, 0.25) is 0 Å². The molecule has 1 aromatic heterocycles. The van der Waals surface area contributed by atoms with Crippen LogP contribution in [0.5, 0.6) is 0 Å². The molecule has 0 aliphatic carbocycles. The first-order chi connectivity index (χ1) is 12.5. The number of hydrogen-bond donors (Lipinski definition) is 2. The van der Waals surface area contributed by atoms with Crippen LogP contribution in [0.4, 0.5) is 22.7 Å². The van der Waals surface area contributed by atoms with Crippen LogP contribution >= 0.6 is 0 Å². The number of nitro benzene ring substituents is 1. The summed E-state index contributed by atoms with van der Waals surface area (Å²) in [5.41, 5.74) is 1.40. The van der Waals surface area contributed by atoms with E-state index in [1.54, 1.807) is 37.5 Å². The van der Waals surface area contributed by atoms with Crippen LogP contribution in [0.25, 0.3) is 0 Å². The molecule has 8 nitrogen and oxygen atoms in total. The van der Waals surface area contributed by atoms with Gasteiger partial charge in [-0.05, 0) is 31.0 Å². The van der Waals surface area contributed by atoms with Crippen molar-refractivity contribution in [2.75, 3.05) is 17.2 Å². The first-order valence-corrected chi connectivity index (χ1v) is 7.95. The molecule has 3 rings (SSSR count). The maximum Gasteiger partial charge on any atom is 0.272 e. The molecular weight excluding hydrogens is 336 g/mol. The Balaban J connectivity index is 1.67. The van der Waals surface area contributed by atoms with Gasteiger partial charge in [-0.2, -0.15) is 0 Å². The van der Waals surface area contributed by atoms with Gasteiger partial charge in [0.1, 0.15) is 11.4 Å². The molecule has 26 heavy (non-hydrogen) atoms. The molecule has 0 fully saturated rings. The summed E-state index contributed by atoms with van der Waals surface area (Å²) in [7, 11) is 0. The number of rotatable bonds is 7. The number of nitrogens with one attached hydrogen (secondary N) is 2. The zero-order valence-electron chi connectivity index (χ0n) is 14.0. The van der Waals surface area contributed by atoms with Crippen LogP contribution < -0.4 is 21.5 Å². The van der Waals surface area contributed by atoms with Crippen LogP contribution in [-0.2, 0) is 6.42 Å². The summed E-state index contributed by atoms with van der Waals surface area (Å²) in [5, 5.41) is 16.8. The fourth-order valence-corrected chi connectivity index (χ4v) is 2.60. The van der Waals surface area contributed by atoms with Crippen LogP contribution in [0.1, 0.15) is 11.1 Å². The number of pyridine rings is 1. The number of aromatic nitrogens is 1. The van der Waals surface area contributed by atoms with E-state index in [1.807, 2.05) is 6.07 Å². The van der Waals surface area contributed by atoms with Crippen LogP contribution in [0.15, 0.2) is 52.3 Å². The summed E-state index contributed by atoms with van der Waals surface area (Å²) in [6.07, 6.45) is 3.63. The third kappa shape index (κ3) is 3.44. The molecule has 0 amide bonds. The number of nitrogens with zero attached hydrogens (tertiary/aromatic N) is 2. The monoisotopic (exact) mass is 352 g/mol. The number of benzene rings is 1. The second kappa shape index (κ2) is 7.14. The molecule has 3 aromatic rings. The first-order valence-electron chi connectivity index (χ1n) is 7.95. The topological polar surface area (TPSA) is 114 Å². The lowest BCUT2D eigenvalue weighted by molar-refractivity contribution is -0.385. The Labute approximate surface area is 148 Å². The summed E-state index contributed by atoms with van der Waals surface area (Å²) in [4.78, 5) is 38.0. The molecule has 0 bridgehead atoms. The molecule has 8 heteroatoms. The average Bonchev–Trinajstić information content (AvgIpc) is 2.65. The van der Waals surface area contributed by atoms with Crippen molar-refractivity contribution in [3.63, 3.8) is 0 Å². The Morgan fingerprint density at radius 3 is 2.46 bits per heavy atom. The minimum atomic E-state index is -0.574. The summed E-state index contributed by atoms with van der Waals surface area (Å²) in [6.45, 7) is 2.05. The molecule has 132 valence electrons. The standard InChI is InChI=1S/C18H16N4O4/c1-11-2-3-12(10-14(11)22(25)26)4-9-20-15-16(18(24)17(15)23)21-13-5-7-19-8-6-13/h2-3,5-8,10,20H,4,9H2,1H3,(H,19,21). The van der Waals surface area contributed by atoms with Gasteiger partial charge in [0, 0.05) is 36.3 Å². The fourth-order valence-electron chi connectivity index (χ4n) is 2.60. The van der Waals surface area contributed by atoms with Gasteiger partial charge < -0.3 is 10.6 Å². The Morgan fingerprint density at radius 2 is 1.77 bits per heavy atom. The minimum Gasteiger partial charge on any atom is -0.380 e. The predicted octanol–water partition coefficient (Wildman–Crippen LogP) is 2.29. The second-order valence-electron chi connectivity index (χ2n) is 5.82. The van der Waals surface area contributed by atoms with E-state index in [-0.39, 0.29) is 17.1 Å². The highest BCUT2D eigenvalue weighted by atomic mass is 16.6. The van der Waals surface area contributed by atoms with Gasteiger partial charge in [-0.15, -0.1) is 0 Å². The maximum atomic E-state index is 11.8. The van der Waals surface area contributed by atoms with Crippen LogP contribution in [0.3, 0.4) is 0 Å². The van der Waals surface area contributed by atoms with Gasteiger partial charge in [0.2, 0.25) is 0 Å². The predicted molar refractivity (Wildman–Crippen MR) is 98.9 cm³/mol. The molecule has 0 atom stereocenters. The Morgan fingerprint density at radius 1 is 1.08 bits per heavy atom. The van der Waals surface area contributed by atoms with E-state index in [0.717, 1.165) is 5.56 Å². The summed E-state index contributed by atoms with van der Waals surface area (Å²) < 4.78 is 0.